The van der Waals surface area contributed by atoms with Gasteiger partial charge in [0.25, 0.3) is 0 Å². The van der Waals surface area contributed by atoms with E-state index in [1.165, 1.54) is 4.90 Å². The first-order valence-corrected chi connectivity index (χ1v) is 4.64. The molecule has 0 spiro atoms. The molecule has 0 aromatic heterocycles. The molecule has 0 aromatic rings. The molecule has 0 bridgehead atoms. The lowest BCUT2D eigenvalue weighted by Gasteiger charge is -2.20. The highest BCUT2D eigenvalue weighted by Crippen LogP contribution is 1.90. The van der Waals surface area contributed by atoms with Crippen LogP contribution < -0.4 is 5.32 Å². The molecule has 0 aliphatic rings. The Balaban J connectivity index is 3.82. The largest absolute Gasteiger partial charge is 0.480 e. The molecule has 0 atom stereocenters. The van der Waals surface area contributed by atoms with Crippen molar-refractivity contribution in [3.8, 4) is 0 Å². The summed E-state index contributed by atoms with van der Waals surface area (Å²) in [7, 11) is 0. The fourth-order valence-corrected chi connectivity index (χ4v) is 1.09. The number of carboxylic acid groups (broad SMARTS) is 2. The first-order valence-electron chi connectivity index (χ1n) is 4.64. The summed E-state index contributed by atoms with van der Waals surface area (Å²) in [6.45, 7) is -0.264. The number of aliphatic carboxylic acids is 2. The number of carboxylic acids is 2. The van der Waals surface area contributed by atoms with Crippen LogP contribution in [0.1, 0.15) is 0 Å². The Hall–Kier alpha value is -1.22. The van der Waals surface area contributed by atoms with Crippen LogP contribution in [0.3, 0.4) is 0 Å². The molecular weight excluding hydrogens is 220 g/mol. The predicted octanol–water partition coefficient (Wildman–Crippen LogP) is -2.64. The summed E-state index contributed by atoms with van der Waals surface area (Å²) < 4.78 is 0. The van der Waals surface area contributed by atoms with Crippen molar-refractivity contribution in [1.29, 1.82) is 0 Å². The molecule has 16 heavy (non-hydrogen) atoms. The summed E-state index contributed by atoms with van der Waals surface area (Å²) >= 11 is 0. The van der Waals surface area contributed by atoms with Gasteiger partial charge >= 0.3 is 11.9 Å². The lowest BCUT2D eigenvalue weighted by Crippen LogP contribution is -2.41. The minimum absolute atomic E-state index is 0.193. The van der Waals surface area contributed by atoms with Gasteiger partial charge in [-0.25, -0.2) is 0 Å². The van der Waals surface area contributed by atoms with Gasteiger partial charge in [-0.3, -0.25) is 14.5 Å². The average Bonchev–Trinajstić information content (AvgIpc) is 2.09. The molecule has 0 heterocycles. The van der Waals surface area contributed by atoms with Crippen LogP contribution in [-0.2, 0) is 9.59 Å². The highest BCUT2D eigenvalue weighted by Gasteiger charge is 2.12. The van der Waals surface area contributed by atoms with Crippen molar-refractivity contribution in [2.24, 2.45) is 0 Å². The van der Waals surface area contributed by atoms with Gasteiger partial charge in [0.05, 0.1) is 13.1 Å². The number of rotatable bonds is 9. The third kappa shape index (κ3) is 9.34. The minimum atomic E-state index is -1.61. The summed E-state index contributed by atoms with van der Waals surface area (Å²) in [4.78, 5) is 21.9. The molecular formula is C8H16N2O6. The van der Waals surface area contributed by atoms with Crippen LogP contribution >= 0.6 is 0 Å². The van der Waals surface area contributed by atoms with E-state index in [1.54, 1.807) is 0 Å². The molecule has 0 saturated carbocycles. The Labute approximate surface area is 92.1 Å². The van der Waals surface area contributed by atoms with Crippen LogP contribution in [0.15, 0.2) is 0 Å². The monoisotopic (exact) mass is 236 g/mol. The minimum Gasteiger partial charge on any atom is -0.480 e. The van der Waals surface area contributed by atoms with Crippen molar-refractivity contribution in [3.05, 3.63) is 0 Å². The van der Waals surface area contributed by atoms with Gasteiger partial charge in [-0.2, -0.15) is 0 Å². The van der Waals surface area contributed by atoms with Gasteiger partial charge in [-0.15, -0.1) is 0 Å². The Morgan fingerprint density at radius 3 is 2.25 bits per heavy atom. The summed E-state index contributed by atoms with van der Waals surface area (Å²) in [5.41, 5.74) is 0. The van der Waals surface area contributed by atoms with Crippen LogP contribution in [0.5, 0.6) is 0 Å². The molecule has 0 aromatic carbocycles. The molecule has 0 rings (SSSR count). The Bertz CT molecular complexity index is 233. The zero-order valence-corrected chi connectivity index (χ0v) is 8.67. The Kier molecular flexibility index (Phi) is 7.38. The number of hydrogen-bond donors (Lipinski definition) is 5. The van der Waals surface area contributed by atoms with Gasteiger partial charge in [0.2, 0.25) is 0 Å². The van der Waals surface area contributed by atoms with Gasteiger partial charge in [0.15, 0.2) is 6.29 Å². The van der Waals surface area contributed by atoms with Crippen molar-refractivity contribution < 1.29 is 30.0 Å². The second-order valence-corrected chi connectivity index (χ2v) is 3.18. The lowest BCUT2D eigenvalue weighted by molar-refractivity contribution is -0.140. The van der Waals surface area contributed by atoms with Crippen LogP contribution in [-0.4, -0.2) is 76.3 Å². The van der Waals surface area contributed by atoms with E-state index in [0.717, 1.165) is 0 Å². The molecule has 0 fully saturated rings. The molecule has 0 radical (unpaired) electrons. The molecule has 8 nitrogen and oxygen atoms in total. The fraction of sp³-hybridized carbons (Fsp3) is 0.750. The van der Waals surface area contributed by atoms with E-state index in [2.05, 4.69) is 5.32 Å². The summed E-state index contributed by atoms with van der Waals surface area (Å²) in [6.07, 6.45) is -1.61. The lowest BCUT2D eigenvalue weighted by atomic mass is 10.4. The first-order chi connectivity index (χ1) is 7.41. The molecule has 5 N–H and O–H groups in total. The fourth-order valence-electron chi connectivity index (χ4n) is 1.09. The Morgan fingerprint density at radius 1 is 1.19 bits per heavy atom. The topological polar surface area (TPSA) is 130 Å². The SMILES string of the molecule is O=C(O)CNCCN(CC(=O)O)CC(O)O. The van der Waals surface area contributed by atoms with E-state index in [0.29, 0.717) is 0 Å². The smallest absolute Gasteiger partial charge is 0.317 e. The molecule has 94 valence electrons. The van der Waals surface area contributed by atoms with Gasteiger partial charge in [0, 0.05) is 19.6 Å². The van der Waals surface area contributed by atoms with Crippen molar-refractivity contribution in [3.63, 3.8) is 0 Å². The maximum atomic E-state index is 10.4. The van der Waals surface area contributed by atoms with Gasteiger partial charge in [-0.1, -0.05) is 0 Å². The second-order valence-electron chi connectivity index (χ2n) is 3.18. The number of nitrogens with zero attached hydrogens (tertiary/aromatic N) is 1. The van der Waals surface area contributed by atoms with E-state index in [-0.39, 0.29) is 32.7 Å². The van der Waals surface area contributed by atoms with Crippen LogP contribution in [0.4, 0.5) is 0 Å². The highest BCUT2D eigenvalue weighted by molar-refractivity contribution is 5.69. The zero-order valence-electron chi connectivity index (χ0n) is 8.67. The second kappa shape index (κ2) is 7.99. The summed E-state index contributed by atoms with van der Waals surface area (Å²) in [5, 5.41) is 36.8. The average molecular weight is 236 g/mol. The normalized spacial score (nSPS) is 11.0. The third-order valence-electron chi connectivity index (χ3n) is 1.66. The summed E-state index contributed by atoms with van der Waals surface area (Å²) in [5.74, 6) is -2.09. The highest BCUT2D eigenvalue weighted by atomic mass is 16.5. The van der Waals surface area contributed by atoms with E-state index in [9.17, 15) is 9.59 Å². The van der Waals surface area contributed by atoms with Crippen molar-refractivity contribution in [2.75, 3.05) is 32.7 Å². The quantitative estimate of drug-likeness (QED) is 0.217. The van der Waals surface area contributed by atoms with Crippen molar-refractivity contribution >= 4 is 11.9 Å². The number of aliphatic hydroxyl groups is 2. The standard InChI is InChI=1S/C8H16N2O6/c11-6(12)3-9-1-2-10(4-7(13)14)5-8(15)16/h7,9,13-14H,1-5H2,(H,11,12)(H,15,16). The number of carbonyl (C=O) groups is 2. The molecule has 0 aliphatic heterocycles. The third-order valence-corrected chi connectivity index (χ3v) is 1.66. The molecule has 0 saturated heterocycles. The van der Waals surface area contributed by atoms with Gasteiger partial charge in [0.1, 0.15) is 0 Å². The van der Waals surface area contributed by atoms with Crippen molar-refractivity contribution in [1.82, 2.24) is 10.2 Å². The van der Waals surface area contributed by atoms with E-state index in [4.69, 9.17) is 20.4 Å². The van der Waals surface area contributed by atoms with Gasteiger partial charge in [-0.05, 0) is 0 Å². The van der Waals surface area contributed by atoms with Crippen LogP contribution in [0.2, 0.25) is 0 Å². The van der Waals surface area contributed by atoms with Crippen LogP contribution in [0, 0.1) is 0 Å². The number of hydrogen-bond acceptors (Lipinski definition) is 6. The predicted molar refractivity (Wildman–Crippen MR) is 52.8 cm³/mol. The molecule has 8 heteroatoms. The maximum absolute atomic E-state index is 10.4. The van der Waals surface area contributed by atoms with E-state index in [1.807, 2.05) is 0 Å². The zero-order chi connectivity index (χ0) is 12.6. The van der Waals surface area contributed by atoms with Crippen LogP contribution in [0.25, 0.3) is 0 Å². The van der Waals surface area contributed by atoms with Gasteiger partial charge < -0.3 is 25.7 Å². The number of nitrogens with one attached hydrogen (secondary N) is 1. The molecule has 0 aliphatic carbocycles. The molecule has 0 unspecified atom stereocenters. The first kappa shape index (κ1) is 14.8. The Morgan fingerprint density at radius 2 is 1.81 bits per heavy atom. The maximum Gasteiger partial charge on any atom is 0.317 e. The molecule has 0 amide bonds. The van der Waals surface area contributed by atoms with E-state index < -0.39 is 18.2 Å². The van der Waals surface area contributed by atoms with E-state index >= 15 is 0 Å². The number of aliphatic hydroxyl groups excluding tert-OH is 1. The summed E-state index contributed by atoms with van der Waals surface area (Å²) in [6, 6.07) is 0. The van der Waals surface area contributed by atoms with Crippen molar-refractivity contribution in [2.45, 2.75) is 6.29 Å².